The fourth-order valence-electron chi connectivity index (χ4n) is 2.95. The number of benzene rings is 3. The predicted octanol–water partition coefficient (Wildman–Crippen LogP) is 5.67. The molecule has 2 amide bonds. The van der Waals surface area contributed by atoms with E-state index < -0.39 is 0 Å². The van der Waals surface area contributed by atoms with Gasteiger partial charge in [-0.3, -0.25) is 9.59 Å². The van der Waals surface area contributed by atoms with Gasteiger partial charge in [0.25, 0.3) is 5.91 Å². The SMILES string of the molecule is CC(NC(=O)c1ccccc1NC(=O)Cc1c(Cl)cccc1Cl)c1ccccc1. The molecule has 3 rings (SSSR count). The van der Waals surface area contributed by atoms with Crippen LogP contribution in [0, 0.1) is 0 Å². The molecule has 0 aliphatic carbocycles. The smallest absolute Gasteiger partial charge is 0.253 e. The van der Waals surface area contributed by atoms with Crippen LogP contribution < -0.4 is 10.6 Å². The maximum Gasteiger partial charge on any atom is 0.253 e. The number of nitrogens with one attached hydrogen (secondary N) is 2. The lowest BCUT2D eigenvalue weighted by molar-refractivity contribution is -0.115. The first-order valence-corrected chi connectivity index (χ1v) is 9.89. The summed E-state index contributed by atoms with van der Waals surface area (Å²) in [7, 11) is 0. The molecule has 0 fully saturated rings. The van der Waals surface area contributed by atoms with E-state index in [-0.39, 0.29) is 24.3 Å². The minimum atomic E-state index is -0.309. The van der Waals surface area contributed by atoms with Gasteiger partial charge in [-0.15, -0.1) is 0 Å². The zero-order chi connectivity index (χ0) is 20.8. The largest absolute Gasteiger partial charge is 0.345 e. The summed E-state index contributed by atoms with van der Waals surface area (Å²) in [6.45, 7) is 1.91. The highest BCUT2D eigenvalue weighted by molar-refractivity contribution is 6.36. The lowest BCUT2D eigenvalue weighted by atomic mass is 10.1. The first kappa shape index (κ1) is 20.9. The van der Waals surface area contributed by atoms with E-state index in [0.717, 1.165) is 5.56 Å². The first-order chi connectivity index (χ1) is 14.0. The molecule has 0 saturated heterocycles. The Morgan fingerprint density at radius 3 is 2.17 bits per heavy atom. The van der Waals surface area contributed by atoms with Crippen molar-refractivity contribution in [1.82, 2.24) is 5.32 Å². The molecule has 29 heavy (non-hydrogen) atoms. The monoisotopic (exact) mass is 426 g/mol. The van der Waals surface area contributed by atoms with Crippen molar-refractivity contribution in [2.24, 2.45) is 0 Å². The standard InChI is InChI=1S/C23H20Cl2N2O2/c1-15(16-8-3-2-4-9-16)26-23(29)17-10-5-6-13-21(17)27-22(28)14-18-19(24)11-7-12-20(18)25/h2-13,15H,14H2,1H3,(H,26,29)(H,27,28). The summed E-state index contributed by atoms with van der Waals surface area (Å²) < 4.78 is 0. The predicted molar refractivity (Wildman–Crippen MR) is 118 cm³/mol. The van der Waals surface area contributed by atoms with Gasteiger partial charge in [0, 0.05) is 10.0 Å². The second kappa shape index (κ2) is 9.59. The molecule has 1 unspecified atom stereocenters. The van der Waals surface area contributed by atoms with E-state index in [9.17, 15) is 9.59 Å². The van der Waals surface area contributed by atoms with Crippen LogP contribution >= 0.6 is 23.2 Å². The maximum atomic E-state index is 12.8. The molecule has 0 aliphatic rings. The molecular formula is C23H20Cl2N2O2. The Hall–Kier alpha value is -2.82. The Morgan fingerprint density at radius 2 is 1.48 bits per heavy atom. The summed E-state index contributed by atoms with van der Waals surface area (Å²) in [6, 6.07) is 21.5. The molecule has 3 aromatic carbocycles. The zero-order valence-corrected chi connectivity index (χ0v) is 17.3. The third-order valence-electron chi connectivity index (χ3n) is 4.49. The quantitative estimate of drug-likeness (QED) is 0.533. The number of carbonyl (C=O) groups excluding carboxylic acids is 2. The Balaban J connectivity index is 1.73. The van der Waals surface area contributed by atoms with Crippen molar-refractivity contribution in [2.45, 2.75) is 19.4 Å². The van der Waals surface area contributed by atoms with Crippen molar-refractivity contribution >= 4 is 40.7 Å². The van der Waals surface area contributed by atoms with Crippen molar-refractivity contribution in [1.29, 1.82) is 0 Å². The third-order valence-corrected chi connectivity index (χ3v) is 5.20. The Kier molecular flexibility index (Phi) is 6.91. The van der Waals surface area contributed by atoms with Crippen LogP contribution in [0.2, 0.25) is 10.0 Å². The number of amides is 2. The van der Waals surface area contributed by atoms with Gasteiger partial charge in [0.15, 0.2) is 0 Å². The molecule has 0 spiro atoms. The van der Waals surface area contributed by atoms with E-state index >= 15 is 0 Å². The fraction of sp³-hybridized carbons (Fsp3) is 0.130. The Bertz CT molecular complexity index is 1000. The molecule has 4 nitrogen and oxygen atoms in total. The molecule has 6 heteroatoms. The van der Waals surface area contributed by atoms with E-state index in [1.807, 2.05) is 37.3 Å². The van der Waals surface area contributed by atoms with Gasteiger partial charge in [-0.1, -0.05) is 71.7 Å². The number of hydrogen-bond acceptors (Lipinski definition) is 2. The van der Waals surface area contributed by atoms with Crippen LogP contribution in [0.1, 0.15) is 34.5 Å². The lowest BCUT2D eigenvalue weighted by Gasteiger charge is -2.16. The van der Waals surface area contributed by atoms with Gasteiger partial charge in [0.05, 0.1) is 23.7 Å². The zero-order valence-electron chi connectivity index (χ0n) is 15.8. The maximum absolute atomic E-state index is 12.8. The summed E-state index contributed by atoms with van der Waals surface area (Å²) >= 11 is 12.3. The normalized spacial score (nSPS) is 11.6. The number of para-hydroxylation sites is 1. The summed E-state index contributed by atoms with van der Waals surface area (Å²) in [4.78, 5) is 25.3. The van der Waals surface area contributed by atoms with E-state index in [1.54, 1.807) is 42.5 Å². The van der Waals surface area contributed by atoms with Crippen LogP contribution in [0.3, 0.4) is 0 Å². The molecule has 0 saturated carbocycles. The second-order valence-corrected chi connectivity index (χ2v) is 7.39. The van der Waals surface area contributed by atoms with Gasteiger partial charge in [0.2, 0.25) is 5.91 Å². The van der Waals surface area contributed by atoms with E-state index in [0.29, 0.717) is 26.9 Å². The molecule has 148 valence electrons. The lowest BCUT2D eigenvalue weighted by Crippen LogP contribution is -2.28. The summed E-state index contributed by atoms with van der Waals surface area (Å²) in [6.07, 6.45) is 0.00881. The van der Waals surface area contributed by atoms with Gasteiger partial charge in [0.1, 0.15) is 0 Å². The van der Waals surface area contributed by atoms with Crippen LogP contribution in [0.5, 0.6) is 0 Å². The molecular weight excluding hydrogens is 407 g/mol. The molecule has 0 bridgehead atoms. The number of anilines is 1. The van der Waals surface area contributed by atoms with Crippen molar-refractivity contribution in [3.8, 4) is 0 Å². The van der Waals surface area contributed by atoms with Crippen LogP contribution in [0.4, 0.5) is 5.69 Å². The Morgan fingerprint density at radius 1 is 0.862 bits per heavy atom. The summed E-state index contributed by atoms with van der Waals surface area (Å²) in [5, 5.41) is 6.60. The van der Waals surface area contributed by atoms with Crippen molar-refractivity contribution in [3.05, 3.63) is 99.5 Å². The molecule has 2 N–H and O–H groups in total. The molecule has 3 aromatic rings. The number of hydrogen-bond donors (Lipinski definition) is 2. The van der Waals surface area contributed by atoms with Crippen molar-refractivity contribution in [3.63, 3.8) is 0 Å². The van der Waals surface area contributed by atoms with Crippen LogP contribution in [-0.2, 0) is 11.2 Å². The fourth-order valence-corrected chi connectivity index (χ4v) is 3.48. The number of carbonyl (C=O) groups is 2. The Labute approximate surface area is 179 Å². The first-order valence-electron chi connectivity index (χ1n) is 9.13. The summed E-state index contributed by atoms with van der Waals surface area (Å²) in [5.74, 6) is -0.579. The van der Waals surface area contributed by atoms with E-state index in [1.165, 1.54) is 0 Å². The molecule has 0 radical (unpaired) electrons. The molecule has 0 aliphatic heterocycles. The number of rotatable bonds is 6. The van der Waals surface area contributed by atoms with Crippen LogP contribution in [0.15, 0.2) is 72.8 Å². The second-order valence-electron chi connectivity index (χ2n) is 6.58. The third kappa shape index (κ3) is 5.37. The van der Waals surface area contributed by atoms with Gasteiger partial charge >= 0.3 is 0 Å². The molecule has 0 aromatic heterocycles. The van der Waals surface area contributed by atoms with Crippen molar-refractivity contribution in [2.75, 3.05) is 5.32 Å². The molecule has 0 heterocycles. The van der Waals surface area contributed by atoms with E-state index in [4.69, 9.17) is 23.2 Å². The van der Waals surface area contributed by atoms with Crippen LogP contribution in [0.25, 0.3) is 0 Å². The van der Waals surface area contributed by atoms with E-state index in [2.05, 4.69) is 10.6 Å². The highest BCUT2D eigenvalue weighted by Crippen LogP contribution is 2.25. The minimum absolute atomic E-state index is 0.00881. The van der Waals surface area contributed by atoms with Crippen LogP contribution in [-0.4, -0.2) is 11.8 Å². The minimum Gasteiger partial charge on any atom is -0.345 e. The topological polar surface area (TPSA) is 58.2 Å². The number of halogens is 2. The summed E-state index contributed by atoms with van der Waals surface area (Å²) in [5.41, 5.74) is 2.36. The average Bonchev–Trinajstić information content (AvgIpc) is 2.72. The molecule has 1 atom stereocenters. The van der Waals surface area contributed by atoms with Gasteiger partial charge < -0.3 is 10.6 Å². The average molecular weight is 427 g/mol. The van der Waals surface area contributed by atoms with Gasteiger partial charge in [-0.25, -0.2) is 0 Å². The highest BCUT2D eigenvalue weighted by Gasteiger charge is 2.17. The van der Waals surface area contributed by atoms with Gasteiger partial charge in [-0.05, 0) is 42.3 Å². The van der Waals surface area contributed by atoms with Crippen molar-refractivity contribution < 1.29 is 9.59 Å². The highest BCUT2D eigenvalue weighted by atomic mass is 35.5. The van der Waals surface area contributed by atoms with Gasteiger partial charge in [-0.2, -0.15) is 0 Å².